The highest BCUT2D eigenvalue weighted by Crippen LogP contribution is 2.39. The summed E-state index contributed by atoms with van der Waals surface area (Å²) in [6.45, 7) is 8.76. The van der Waals surface area contributed by atoms with Gasteiger partial charge in [-0.3, -0.25) is 4.79 Å². The highest BCUT2D eigenvalue weighted by Gasteiger charge is 2.44. The summed E-state index contributed by atoms with van der Waals surface area (Å²) in [6.07, 6.45) is 6.80. The maximum absolute atomic E-state index is 13.6. The van der Waals surface area contributed by atoms with Gasteiger partial charge in [0.15, 0.2) is 0 Å². The minimum atomic E-state index is 0.229. The maximum Gasteiger partial charge on any atom is 0.226 e. The number of rotatable bonds is 3. The van der Waals surface area contributed by atoms with Crippen molar-refractivity contribution in [1.82, 2.24) is 14.7 Å². The lowest BCUT2D eigenvalue weighted by molar-refractivity contribution is -0.143. The zero-order valence-corrected chi connectivity index (χ0v) is 18.6. The van der Waals surface area contributed by atoms with Crippen LogP contribution in [0.15, 0.2) is 30.3 Å². The van der Waals surface area contributed by atoms with Gasteiger partial charge in [-0.25, -0.2) is 0 Å². The summed E-state index contributed by atoms with van der Waals surface area (Å²) < 4.78 is 0. The van der Waals surface area contributed by atoms with Gasteiger partial charge in [-0.15, -0.1) is 0 Å². The first-order valence-electron chi connectivity index (χ1n) is 11.9. The summed E-state index contributed by atoms with van der Waals surface area (Å²) >= 11 is 0. The zero-order chi connectivity index (χ0) is 20.4. The third-order valence-electron chi connectivity index (χ3n) is 7.78. The minimum Gasteiger partial charge on any atom is -0.338 e. The lowest BCUT2D eigenvalue weighted by atomic mass is 9.78. The van der Waals surface area contributed by atoms with Gasteiger partial charge in [0.2, 0.25) is 5.91 Å². The van der Waals surface area contributed by atoms with E-state index in [0.29, 0.717) is 30.0 Å². The van der Waals surface area contributed by atoms with Crippen LogP contribution in [0.4, 0.5) is 0 Å². The molecule has 3 heterocycles. The van der Waals surface area contributed by atoms with Crippen LogP contribution in [-0.2, 0) is 4.79 Å². The molecule has 0 radical (unpaired) electrons. The molecule has 3 fully saturated rings. The molecule has 1 amide bonds. The first-order chi connectivity index (χ1) is 14.1. The fourth-order valence-corrected chi connectivity index (χ4v) is 6.09. The Morgan fingerprint density at radius 2 is 1.66 bits per heavy atom. The van der Waals surface area contributed by atoms with E-state index in [9.17, 15) is 4.79 Å². The summed E-state index contributed by atoms with van der Waals surface area (Å²) in [7, 11) is 2.29. The summed E-state index contributed by atoms with van der Waals surface area (Å²) in [5.41, 5.74) is 1.45. The van der Waals surface area contributed by atoms with Gasteiger partial charge in [0, 0.05) is 36.5 Å². The molecule has 4 nitrogen and oxygen atoms in total. The van der Waals surface area contributed by atoms with Gasteiger partial charge in [0.05, 0.1) is 0 Å². The molecule has 4 rings (SSSR count). The average molecular weight is 398 g/mol. The maximum atomic E-state index is 13.6. The number of likely N-dealkylation sites (tertiary alicyclic amines) is 3. The molecule has 3 saturated heterocycles. The molecular weight excluding hydrogens is 358 g/mol. The molecule has 0 aromatic heterocycles. The van der Waals surface area contributed by atoms with Crippen LogP contribution in [0.1, 0.15) is 63.9 Å². The standard InChI is InChI=1S/C25H39N3O/c1-19(2)27-16-12-21(13-17-27)25(29)28-18-14-22(20-9-5-4-6-10-20)24-23(28)11-7-8-15-26(24)3/h4-6,9-10,19,21-24H,7-8,11-18H2,1-3H3/t22-,23-,24-/m1/s1. The normalized spacial score (nSPS) is 30.2. The molecule has 3 atom stereocenters. The van der Waals surface area contributed by atoms with Gasteiger partial charge in [-0.1, -0.05) is 36.8 Å². The topological polar surface area (TPSA) is 26.8 Å². The number of hydrogen-bond acceptors (Lipinski definition) is 3. The SMILES string of the molecule is CC(C)N1CCC(C(=O)N2CC[C@H](c3ccccc3)[C@@H]3[C@H]2CCCCN3C)CC1. The fraction of sp³-hybridized carbons (Fsp3) is 0.720. The molecular formula is C25H39N3O. The molecule has 1 aromatic rings. The quantitative estimate of drug-likeness (QED) is 0.772. The lowest BCUT2D eigenvalue weighted by Crippen LogP contribution is -2.60. The van der Waals surface area contributed by atoms with Crippen molar-refractivity contribution in [3.8, 4) is 0 Å². The van der Waals surface area contributed by atoms with Crippen LogP contribution in [0.5, 0.6) is 0 Å². The fourth-order valence-electron chi connectivity index (χ4n) is 6.09. The number of likely N-dealkylation sites (N-methyl/N-ethyl adjacent to an activating group) is 1. The van der Waals surface area contributed by atoms with E-state index in [1.165, 1.54) is 18.4 Å². The molecule has 0 N–H and O–H groups in total. The monoisotopic (exact) mass is 397 g/mol. The minimum absolute atomic E-state index is 0.229. The summed E-state index contributed by atoms with van der Waals surface area (Å²) in [4.78, 5) is 21.0. The lowest BCUT2D eigenvalue weighted by Gasteiger charge is -2.49. The molecule has 29 heavy (non-hydrogen) atoms. The number of benzene rings is 1. The van der Waals surface area contributed by atoms with Crippen LogP contribution in [0.25, 0.3) is 0 Å². The Labute approximate surface area is 177 Å². The number of piperidine rings is 2. The highest BCUT2D eigenvalue weighted by molar-refractivity contribution is 5.79. The Morgan fingerprint density at radius 3 is 2.34 bits per heavy atom. The Balaban J connectivity index is 1.52. The molecule has 1 aromatic carbocycles. The first-order valence-corrected chi connectivity index (χ1v) is 11.9. The molecule has 3 aliphatic rings. The Morgan fingerprint density at radius 1 is 0.931 bits per heavy atom. The molecule has 0 bridgehead atoms. The number of carbonyl (C=O) groups is 1. The van der Waals surface area contributed by atoms with Crippen LogP contribution in [0.3, 0.4) is 0 Å². The van der Waals surface area contributed by atoms with E-state index in [4.69, 9.17) is 0 Å². The zero-order valence-electron chi connectivity index (χ0n) is 18.6. The van der Waals surface area contributed by atoms with Crippen molar-refractivity contribution in [1.29, 1.82) is 0 Å². The van der Waals surface area contributed by atoms with Crippen LogP contribution in [0.2, 0.25) is 0 Å². The van der Waals surface area contributed by atoms with Crippen molar-refractivity contribution in [3.05, 3.63) is 35.9 Å². The van der Waals surface area contributed by atoms with Crippen molar-refractivity contribution in [2.24, 2.45) is 5.92 Å². The van der Waals surface area contributed by atoms with Crippen LogP contribution in [-0.4, -0.2) is 72.0 Å². The number of carbonyl (C=O) groups excluding carboxylic acids is 1. The second-order valence-electron chi connectivity index (χ2n) is 9.78. The van der Waals surface area contributed by atoms with Crippen LogP contribution in [0, 0.1) is 5.92 Å². The van der Waals surface area contributed by atoms with Gasteiger partial charge < -0.3 is 14.7 Å². The number of hydrogen-bond donors (Lipinski definition) is 0. The van der Waals surface area contributed by atoms with Gasteiger partial charge in [0.1, 0.15) is 0 Å². The Kier molecular flexibility index (Phi) is 6.60. The molecule has 0 spiro atoms. The largest absolute Gasteiger partial charge is 0.338 e. The molecule has 3 aliphatic heterocycles. The molecule has 4 heteroatoms. The van der Waals surface area contributed by atoms with Crippen molar-refractivity contribution in [3.63, 3.8) is 0 Å². The third-order valence-corrected chi connectivity index (χ3v) is 7.78. The average Bonchev–Trinajstić information content (AvgIpc) is 2.95. The molecule has 0 saturated carbocycles. The van der Waals surface area contributed by atoms with Crippen molar-refractivity contribution in [2.75, 3.05) is 33.2 Å². The second-order valence-corrected chi connectivity index (χ2v) is 9.78. The molecule has 0 unspecified atom stereocenters. The predicted octanol–water partition coefficient (Wildman–Crippen LogP) is 3.98. The summed E-state index contributed by atoms with van der Waals surface area (Å²) in [5, 5.41) is 0. The Hall–Kier alpha value is -1.39. The second kappa shape index (κ2) is 9.18. The molecule has 160 valence electrons. The van der Waals surface area contributed by atoms with E-state index in [1.54, 1.807) is 0 Å². The number of nitrogens with zero attached hydrogens (tertiary/aromatic N) is 3. The van der Waals surface area contributed by atoms with Crippen molar-refractivity contribution < 1.29 is 4.79 Å². The summed E-state index contributed by atoms with van der Waals surface area (Å²) in [5.74, 6) is 1.22. The Bertz CT molecular complexity index is 668. The van der Waals surface area contributed by atoms with E-state index in [0.717, 1.165) is 51.9 Å². The van der Waals surface area contributed by atoms with E-state index in [1.807, 2.05) is 0 Å². The number of amides is 1. The number of fused-ring (bicyclic) bond motifs is 1. The van der Waals surface area contributed by atoms with E-state index >= 15 is 0 Å². The van der Waals surface area contributed by atoms with Crippen LogP contribution < -0.4 is 0 Å². The predicted molar refractivity (Wildman–Crippen MR) is 119 cm³/mol. The third kappa shape index (κ3) is 4.39. The van der Waals surface area contributed by atoms with Crippen LogP contribution >= 0.6 is 0 Å². The smallest absolute Gasteiger partial charge is 0.226 e. The first kappa shape index (κ1) is 20.9. The van der Waals surface area contributed by atoms with Gasteiger partial charge in [-0.05, 0) is 78.2 Å². The van der Waals surface area contributed by atoms with E-state index in [-0.39, 0.29) is 5.92 Å². The summed E-state index contributed by atoms with van der Waals surface area (Å²) in [6, 6.07) is 12.4. The van der Waals surface area contributed by atoms with E-state index < -0.39 is 0 Å². The van der Waals surface area contributed by atoms with Gasteiger partial charge >= 0.3 is 0 Å². The van der Waals surface area contributed by atoms with Gasteiger partial charge in [0.25, 0.3) is 0 Å². The van der Waals surface area contributed by atoms with Crippen molar-refractivity contribution >= 4 is 5.91 Å². The van der Waals surface area contributed by atoms with Gasteiger partial charge in [-0.2, -0.15) is 0 Å². The van der Waals surface area contributed by atoms with E-state index in [2.05, 4.69) is 65.9 Å². The van der Waals surface area contributed by atoms with Crippen molar-refractivity contribution in [2.45, 2.75) is 76.4 Å². The molecule has 0 aliphatic carbocycles. The highest BCUT2D eigenvalue weighted by atomic mass is 16.2.